The van der Waals surface area contributed by atoms with Crippen LogP contribution in [0.5, 0.6) is 0 Å². The van der Waals surface area contributed by atoms with E-state index in [1.165, 1.54) is 11.0 Å². The van der Waals surface area contributed by atoms with Crippen molar-refractivity contribution < 1.29 is 14.3 Å². The molecule has 0 saturated heterocycles. The number of rotatable bonds is 12. The Bertz CT molecular complexity index is 315. The first-order valence-electron chi connectivity index (χ1n) is 8.15. The molecule has 0 aromatic heterocycles. The lowest BCUT2D eigenvalue weighted by Gasteiger charge is -2.21. The number of carbonyl (C=O) groups excluding carboxylic acids is 2. The van der Waals surface area contributed by atoms with E-state index in [2.05, 4.69) is 27.4 Å². The van der Waals surface area contributed by atoms with Crippen LogP contribution in [0, 0.1) is 5.92 Å². The standard InChI is InChI=1S/C17H31NO3/c1-5-9-11-15(7-3)14-21-17(20)13-18(12-10-6-2)16(19)8-4/h8,15H,4-7,9-14H2,1-3H3. The van der Waals surface area contributed by atoms with E-state index in [0.29, 0.717) is 19.1 Å². The molecule has 0 radical (unpaired) electrons. The molecular weight excluding hydrogens is 266 g/mol. The minimum atomic E-state index is -0.323. The lowest BCUT2D eigenvalue weighted by Crippen LogP contribution is -2.36. The van der Waals surface area contributed by atoms with Gasteiger partial charge in [0.15, 0.2) is 0 Å². The number of unbranched alkanes of at least 4 members (excludes halogenated alkanes) is 2. The minimum Gasteiger partial charge on any atom is -0.464 e. The molecule has 0 N–H and O–H groups in total. The molecule has 0 rings (SSSR count). The van der Waals surface area contributed by atoms with Crippen molar-refractivity contribution in [3.8, 4) is 0 Å². The number of carbonyl (C=O) groups is 2. The van der Waals surface area contributed by atoms with Gasteiger partial charge in [-0.05, 0) is 24.8 Å². The summed E-state index contributed by atoms with van der Waals surface area (Å²) in [6.45, 7) is 10.9. The second-order valence-electron chi connectivity index (χ2n) is 5.42. The van der Waals surface area contributed by atoms with Gasteiger partial charge in [-0.3, -0.25) is 9.59 Å². The molecule has 0 saturated carbocycles. The Morgan fingerprint density at radius 2 is 1.86 bits per heavy atom. The zero-order valence-corrected chi connectivity index (χ0v) is 13.9. The molecule has 0 bridgehead atoms. The Hall–Kier alpha value is -1.32. The van der Waals surface area contributed by atoms with Crippen molar-refractivity contribution in [1.82, 2.24) is 4.90 Å². The quantitative estimate of drug-likeness (QED) is 0.409. The maximum Gasteiger partial charge on any atom is 0.325 e. The molecule has 0 fully saturated rings. The van der Waals surface area contributed by atoms with Crippen LogP contribution in [-0.4, -0.2) is 36.5 Å². The fourth-order valence-corrected chi connectivity index (χ4v) is 2.06. The second kappa shape index (κ2) is 12.4. The predicted octanol–water partition coefficient (Wildman–Crippen LogP) is 3.56. The molecule has 0 aliphatic rings. The fraction of sp³-hybridized carbons (Fsp3) is 0.765. The minimum absolute atomic E-state index is 0.0229. The number of hydrogen-bond donors (Lipinski definition) is 0. The first-order valence-corrected chi connectivity index (χ1v) is 8.15. The van der Waals surface area contributed by atoms with Gasteiger partial charge in [-0.2, -0.15) is 0 Å². The summed E-state index contributed by atoms with van der Waals surface area (Å²) in [5.74, 6) is -0.109. The van der Waals surface area contributed by atoms with E-state index in [1.807, 2.05) is 0 Å². The van der Waals surface area contributed by atoms with Gasteiger partial charge >= 0.3 is 5.97 Å². The van der Waals surface area contributed by atoms with Gasteiger partial charge in [0.05, 0.1) is 6.61 Å². The third-order valence-electron chi connectivity index (χ3n) is 3.61. The average Bonchev–Trinajstić information content (AvgIpc) is 2.50. The smallest absolute Gasteiger partial charge is 0.325 e. The van der Waals surface area contributed by atoms with Crippen molar-refractivity contribution in [3.05, 3.63) is 12.7 Å². The second-order valence-corrected chi connectivity index (χ2v) is 5.42. The number of ether oxygens (including phenoxy) is 1. The summed E-state index contributed by atoms with van der Waals surface area (Å²) in [5.41, 5.74) is 0. The van der Waals surface area contributed by atoms with Gasteiger partial charge in [-0.25, -0.2) is 0 Å². The highest BCUT2D eigenvalue weighted by Gasteiger charge is 2.16. The molecular formula is C17H31NO3. The number of amides is 1. The van der Waals surface area contributed by atoms with Gasteiger partial charge < -0.3 is 9.64 Å². The van der Waals surface area contributed by atoms with E-state index in [4.69, 9.17) is 4.74 Å². The van der Waals surface area contributed by atoms with Crippen LogP contribution in [0.25, 0.3) is 0 Å². The molecule has 1 amide bonds. The van der Waals surface area contributed by atoms with E-state index < -0.39 is 0 Å². The van der Waals surface area contributed by atoms with Crippen molar-refractivity contribution in [3.63, 3.8) is 0 Å². The summed E-state index contributed by atoms with van der Waals surface area (Å²) in [5, 5.41) is 0. The maximum atomic E-state index is 11.9. The summed E-state index contributed by atoms with van der Waals surface area (Å²) in [7, 11) is 0. The Morgan fingerprint density at radius 1 is 1.19 bits per heavy atom. The van der Waals surface area contributed by atoms with Crippen molar-refractivity contribution in [2.24, 2.45) is 5.92 Å². The number of hydrogen-bond acceptors (Lipinski definition) is 3. The zero-order valence-electron chi connectivity index (χ0n) is 13.9. The van der Waals surface area contributed by atoms with Gasteiger partial charge in [0.2, 0.25) is 5.91 Å². The average molecular weight is 297 g/mol. The molecule has 4 nitrogen and oxygen atoms in total. The molecule has 0 spiro atoms. The van der Waals surface area contributed by atoms with Gasteiger partial charge in [0, 0.05) is 6.54 Å². The van der Waals surface area contributed by atoms with E-state index in [0.717, 1.165) is 38.5 Å². The monoisotopic (exact) mass is 297 g/mol. The van der Waals surface area contributed by atoms with Crippen LogP contribution in [0.15, 0.2) is 12.7 Å². The molecule has 0 aliphatic heterocycles. The maximum absolute atomic E-state index is 11.9. The summed E-state index contributed by atoms with van der Waals surface area (Å²) in [6, 6.07) is 0. The molecule has 0 heterocycles. The first-order chi connectivity index (χ1) is 10.1. The molecule has 0 aromatic rings. The first kappa shape index (κ1) is 19.7. The molecule has 122 valence electrons. The highest BCUT2D eigenvalue weighted by molar-refractivity contribution is 5.89. The molecule has 1 unspecified atom stereocenters. The largest absolute Gasteiger partial charge is 0.464 e. The van der Waals surface area contributed by atoms with Gasteiger partial charge in [-0.15, -0.1) is 0 Å². The topological polar surface area (TPSA) is 46.6 Å². The van der Waals surface area contributed by atoms with E-state index in [1.54, 1.807) is 0 Å². The summed E-state index contributed by atoms with van der Waals surface area (Å²) in [4.78, 5) is 25.1. The highest BCUT2D eigenvalue weighted by atomic mass is 16.5. The van der Waals surface area contributed by atoms with Crippen LogP contribution in [0.2, 0.25) is 0 Å². The lowest BCUT2D eigenvalue weighted by molar-refractivity contribution is -0.149. The Kier molecular flexibility index (Phi) is 11.6. The van der Waals surface area contributed by atoms with E-state index in [-0.39, 0.29) is 18.4 Å². The zero-order chi connectivity index (χ0) is 16.1. The number of esters is 1. The Morgan fingerprint density at radius 3 is 2.38 bits per heavy atom. The fourth-order valence-electron chi connectivity index (χ4n) is 2.06. The van der Waals surface area contributed by atoms with Crippen LogP contribution in [-0.2, 0) is 14.3 Å². The van der Waals surface area contributed by atoms with Crippen molar-refractivity contribution in [2.75, 3.05) is 19.7 Å². The Balaban J connectivity index is 4.22. The highest BCUT2D eigenvalue weighted by Crippen LogP contribution is 2.13. The predicted molar refractivity (Wildman–Crippen MR) is 86.0 cm³/mol. The normalized spacial score (nSPS) is 11.8. The molecule has 4 heteroatoms. The van der Waals surface area contributed by atoms with E-state index >= 15 is 0 Å². The van der Waals surface area contributed by atoms with Crippen LogP contribution >= 0.6 is 0 Å². The molecule has 1 atom stereocenters. The van der Waals surface area contributed by atoms with E-state index in [9.17, 15) is 9.59 Å². The molecule has 0 aromatic carbocycles. The van der Waals surface area contributed by atoms with Crippen molar-refractivity contribution in [2.45, 2.75) is 59.3 Å². The van der Waals surface area contributed by atoms with Crippen LogP contribution in [0.3, 0.4) is 0 Å². The third kappa shape index (κ3) is 9.27. The van der Waals surface area contributed by atoms with Gasteiger partial charge in [0.25, 0.3) is 0 Å². The molecule has 0 aliphatic carbocycles. The van der Waals surface area contributed by atoms with Gasteiger partial charge in [0.1, 0.15) is 6.54 Å². The lowest BCUT2D eigenvalue weighted by atomic mass is 10.0. The third-order valence-corrected chi connectivity index (χ3v) is 3.61. The number of nitrogens with zero attached hydrogens (tertiary/aromatic N) is 1. The molecule has 21 heavy (non-hydrogen) atoms. The van der Waals surface area contributed by atoms with Crippen LogP contribution in [0.4, 0.5) is 0 Å². The van der Waals surface area contributed by atoms with Crippen molar-refractivity contribution in [1.29, 1.82) is 0 Å². The van der Waals surface area contributed by atoms with Gasteiger partial charge in [-0.1, -0.05) is 53.0 Å². The van der Waals surface area contributed by atoms with Crippen LogP contribution < -0.4 is 0 Å². The SMILES string of the molecule is C=CC(=O)N(CCCC)CC(=O)OCC(CC)CCCC. The van der Waals surface area contributed by atoms with Crippen LogP contribution in [0.1, 0.15) is 59.3 Å². The summed E-state index contributed by atoms with van der Waals surface area (Å²) >= 11 is 0. The van der Waals surface area contributed by atoms with Crippen molar-refractivity contribution >= 4 is 11.9 Å². The Labute approximate surface area is 129 Å². The summed E-state index contributed by atoms with van der Waals surface area (Å²) in [6.07, 6.45) is 7.52. The summed E-state index contributed by atoms with van der Waals surface area (Å²) < 4.78 is 5.33.